The number of rotatable bonds is 9. The number of hydrogen-bond donors (Lipinski definition) is 1. The second-order valence-electron chi connectivity index (χ2n) is 18.2. The summed E-state index contributed by atoms with van der Waals surface area (Å²) >= 11 is 0. The second-order valence-corrected chi connectivity index (χ2v) is 37.2. The van der Waals surface area contributed by atoms with Crippen LogP contribution in [-0.2, 0) is 22.4 Å². The van der Waals surface area contributed by atoms with Crippen LogP contribution in [0.15, 0.2) is 0 Å². The lowest BCUT2D eigenvalue weighted by Crippen LogP contribution is -2.68. The van der Waals surface area contributed by atoms with E-state index in [-0.39, 0.29) is 20.2 Å². The van der Waals surface area contributed by atoms with Crippen molar-refractivity contribution in [1.29, 1.82) is 0 Å². The number of aliphatic hydroxyl groups is 1. The van der Waals surface area contributed by atoms with Gasteiger partial charge in [-0.15, -0.1) is 0 Å². The van der Waals surface area contributed by atoms with E-state index in [0.29, 0.717) is 6.61 Å². The average molecular weight is 637 g/mol. The van der Waals surface area contributed by atoms with Gasteiger partial charge >= 0.3 is 0 Å². The van der Waals surface area contributed by atoms with Crippen LogP contribution in [0.2, 0.25) is 72.5 Å². The zero-order valence-electron chi connectivity index (χ0n) is 30.1. The predicted octanol–water partition coefficient (Wildman–Crippen LogP) is 8.90. The Balaban J connectivity index is 3.75. The first-order valence-electron chi connectivity index (χ1n) is 15.3. The van der Waals surface area contributed by atoms with E-state index in [1.807, 2.05) is 0 Å². The minimum atomic E-state index is -2.30. The van der Waals surface area contributed by atoms with Crippen molar-refractivity contribution in [3.05, 3.63) is 0 Å². The van der Waals surface area contributed by atoms with Crippen LogP contribution in [0.4, 0.5) is 0 Å². The fourth-order valence-corrected chi connectivity index (χ4v) is 8.41. The van der Waals surface area contributed by atoms with Gasteiger partial charge < -0.3 is 27.5 Å². The van der Waals surface area contributed by atoms with E-state index in [1.54, 1.807) is 0 Å². The molecular formula is C30H68O6Si4. The molecule has 0 unspecified atom stereocenters. The molecule has 0 aromatic rings. The minimum Gasteiger partial charge on any atom is -0.414 e. The van der Waals surface area contributed by atoms with E-state index in [2.05, 4.69) is 135 Å². The molecule has 1 fully saturated rings. The molecule has 0 aromatic carbocycles. The standard InChI is InChI=1S/C30H68O6Si4/c1-27(2,3)37(13,14)32-21-22-23(34-38(15,16)28(4,5)6)24(35-39(17,18)29(7,8)9)25(26(31)33-22)36-40(19,20)30(10,11)12/h22-26,31H,21H2,1-20H3/t22-,23-,24+,25+,26+/m1/s1. The molecular weight excluding hydrogens is 569 g/mol. The third-order valence-corrected chi connectivity index (χ3v) is 28.7. The second kappa shape index (κ2) is 12.2. The van der Waals surface area contributed by atoms with Crippen molar-refractivity contribution in [3.8, 4) is 0 Å². The Morgan fingerprint density at radius 3 is 1.12 bits per heavy atom. The van der Waals surface area contributed by atoms with E-state index in [1.165, 1.54) is 0 Å². The highest BCUT2D eigenvalue weighted by Gasteiger charge is 2.56. The van der Waals surface area contributed by atoms with Gasteiger partial charge in [-0.25, -0.2) is 0 Å². The van der Waals surface area contributed by atoms with E-state index >= 15 is 0 Å². The highest BCUT2D eigenvalue weighted by Crippen LogP contribution is 2.46. The molecule has 0 spiro atoms. The topological polar surface area (TPSA) is 66.4 Å². The molecule has 1 heterocycles. The maximum atomic E-state index is 11.6. The van der Waals surface area contributed by atoms with Gasteiger partial charge in [-0.2, -0.15) is 0 Å². The highest BCUT2D eigenvalue weighted by atomic mass is 28.4. The fraction of sp³-hybridized carbons (Fsp3) is 1.00. The van der Waals surface area contributed by atoms with Crippen LogP contribution in [0, 0.1) is 0 Å². The summed E-state index contributed by atoms with van der Waals surface area (Å²) in [6, 6.07) is 0. The summed E-state index contributed by atoms with van der Waals surface area (Å²) in [5.74, 6) is 0. The smallest absolute Gasteiger partial charge is 0.192 e. The predicted molar refractivity (Wildman–Crippen MR) is 180 cm³/mol. The number of hydrogen-bond acceptors (Lipinski definition) is 6. The molecule has 1 N–H and O–H groups in total. The SMILES string of the molecule is CC(C)(C)[Si](C)(C)OC[C@H]1O[C@H](O)[C@@H](O[Si](C)(C)C(C)(C)C)[C@@H](O[Si](C)(C)C(C)(C)C)[C@@H]1O[Si](C)(C)C(C)(C)C. The van der Waals surface area contributed by atoms with Gasteiger partial charge in [0.05, 0.1) is 6.61 Å². The number of aliphatic hydroxyl groups excluding tert-OH is 1. The van der Waals surface area contributed by atoms with Crippen molar-refractivity contribution in [2.45, 2.75) is 186 Å². The van der Waals surface area contributed by atoms with Gasteiger partial charge in [-0.05, 0) is 72.5 Å². The monoisotopic (exact) mass is 636 g/mol. The summed E-state index contributed by atoms with van der Waals surface area (Å²) in [6.07, 6.45) is -3.13. The Kier molecular flexibility index (Phi) is 11.8. The summed E-state index contributed by atoms with van der Waals surface area (Å²) in [4.78, 5) is 0. The molecule has 0 amide bonds. The molecule has 0 aliphatic carbocycles. The maximum Gasteiger partial charge on any atom is 0.192 e. The van der Waals surface area contributed by atoms with Crippen molar-refractivity contribution in [2.75, 3.05) is 6.61 Å². The average Bonchev–Trinajstić information content (AvgIpc) is 2.67. The molecule has 1 saturated heterocycles. The molecule has 5 atom stereocenters. The molecule has 0 bridgehead atoms. The van der Waals surface area contributed by atoms with Crippen LogP contribution < -0.4 is 0 Å². The van der Waals surface area contributed by atoms with Crippen molar-refractivity contribution >= 4 is 33.3 Å². The molecule has 40 heavy (non-hydrogen) atoms. The lowest BCUT2D eigenvalue weighted by Gasteiger charge is -2.54. The molecule has 6 nitrogen and oxygen atoms in total. The Morgan fingerprint density at radius 1 is 0.500 bits per heavy atom. The first-order valence-corrected chi connectivity index (χ1v) is 26.9. The van der Waals surface area contributed by atoms with E-state index < -0.39 is 64.0 Å². The molecule has 0 saturated carbocycles. The van der Waals surface area contributed by atoms with Gasteiger partial charge in [0.2, 0.25) is 0 Å². The minimum absolute atomic E-state index is 0.00872. The Hall–Kier alpha value is 0.628. The molecule has 1 rings (SSSR count). The van der Waals surface area contributed by atoms with Gasteiger partial charge in [0.1, 0.15) is 24.4 Å². The third-order valence-electron chi connectivity index (χ3n) is 10.7. The zero-order chi connectivity index (χ0) is 32.1. The van der Waals surface area contributed by atoms with E-state index in [0.717, 1.165) is 0 Å². The van der Waals surface area contributed by atoms with E-state index in [9.17, 15) is 5.11 Å². The molecule has 0 radical (unpaired) electrons. The van der Waals surface area contributed by atoms with Crippen molar-refractivity contribution in [2.24, 2.45) is 0 Å². The van der Waals surface area contributed by atoms with Crippen molar-refractivity contribution in [1.82, 2.24) is 0 Å². The van der Waals surface area contributed by atoms with Crippen LogP contribution in [0.5, 0.6) is 0 Å². The van der Waals surface area contributed by atoms with Crippen LogP contribution >= 0.6 is 0 Å². The van der Waals surface area contributed by atoms with Crippen LogP contribution in [0.25, 0.3) is 0 Å². The normalized spacial score (nSPS) is 26.8. The molecule has 0 aromatic heterocycles. The molecule has 240 valence electrons. The lowest BCUT2D eigenvalue weighted by atomic mass is 9.99. The Labute approximate surface area is 253 Å². The third kappa shape index (κ3) is 9.08. The Morgan fingerprint density at radius 2 is 0.800 bits per heavy atom. The van der Waals surface area contributed by atoms with Crippen LogP contribution in [0.3, 0.4) is 0 Å². The zero-order valence-corrected chi connectivity index (χ0v) is 34.1. The lowest BCUT2D eigenvalue weighted by molar-refractivity contribution is -0.276. The summed E-state index contributed by atoms with van der Waals surface area (Å²) in [6.45, 7) is 45.3. The van der Waals surface area contributed by atoms with Crippen molar-refractivity contribution in [3.63, 3.8) is 0 Å². The first-order chi connectivity index (χ1) is 17.3. The van der Waals surface area contributed by atoms with Crippen LogP contribution in [0.1, 0.15) is 83.1 Å². The summed E-state index contributed by atoms with van der Waals surface area (Å²) < 4.78 is 34.6. The number of ether oxygens (including phenoxy) is 1. The van der Waals surface area contributed by atoms with Gasteiger partial charge in [-0.1, -0.05) is 83.1 Å². The summed E-state index contributed by atoms with van der Waals surface area (Å²) in [5, 5.41) is 11.6. The summed E-state index contributed by atoms with van der Waals surface area (Å²) in [7, 11) is -8.93. The maximum absolute atomic E-state index is 11.6. The van der Waals surface area contributed by atoms with Gasteiger partial charge in [-0.3, -0.25) is 0 Å². The molecule has 1 aliphatic rings. The van der Waals surface area contributed by atoms with Gasteiger partial charge in [0.15, 0.2) is 39.6 Å². The quantitative estimate of drug-likeness (QED) is 0.255. The molecule has 1 aliphatic heterocycles. The van der Waals surface area contributed by atoms with Gasteiger partial charge in [0.25, 0.3) is 0 Å². The van der Waals surface area contributed by atoms with Crippen LogP contribution in [-0.4, -0.2) is 75.7 Å². The van der Waals surface area contributed by atoms with Gasteiger partial charge in [0, 0.05) is 0 Å². The van der Waals surface area contributed by atoms with E-state index in [4.69, 9.17) is 22.4 Å². The summed E-state index contributed by atoms with van der Waals surface area (Å²) in [5.41, 5.74) is 0. The molecule has 10 heteroatoms. The highest BCUT2D eigenvalue weighted by molar-refractivity contribution is 6.75. The fourth-order valence-electron chi connectivity index (χ4n) is 3.49. The largest absolute Gasteiger partial charge is 0.414 e. The Bertz CT molecular complexity index is 831. The first kappa shape index (κ1) is 38.7. The van der Waals surface area contributed by atoms with Crippen molar-refractivity contribution < 1.29 is 27.5 Å².